The maximum absolute atomic E-state index is 8.45. The van der Waals surface area contributed by atoms with E-state index in [0.29, 0.717) is 34.3 Å². The lowest BCUT2D eigenvalue weighted by Crippen LogP contribution is -2.12. The van der Waals surface area contributed by atoms with Gasteiger partial charge in [-0.15, -0.1) is 0 Å². The number of nitrogens with zero attached hydrogens (tertiary/aromatic N) is 4. The van der Waals surface area contributed by atoms with Gasteiger partial charge in [-0.25, -0.2) is 4.85 Å². The molecule has 194 valence electrons. The Morgan fingerprint density at radius 1 is 0.949 bits per heavy atom. The number of oxime groups is 1. The van der Waals surface area contributed by atoms with E-state index >= 15 is 0 Å². The average molecular weight is 522 g/mol. The lowest BCUT2D eigenvalue weighted by Gasteiger charge is -2.11. The van der Waals surface area contributed by atoms with Crippen LogP contribution < -0.4 is 10.5 Å². The number of hydrogen-bond donors (Lipinski definition) is 2. The molecule has 6 rings (SSSR count). The van der Waals surface area contributed by atoms with Crippen LogP contribution in [0.1, 0.15) is 19.4 Å². The normalized spacial score (nSPS) is 11.4. The zero-order valence-electron chi connectivity index (χ0n) is 21.0. The molecule has 39 heavy (non-hydrogen) atoms. The molecule has 0 fully saturated rings. The Balaban J connectivity index is 0.000000198. The van der Waals surface area contributed by atoms with Crippen molar-refractivity contribution in [1.82, 2.24) is 10.1 Å². The second kappa shape index (κ2) is 10.8. The largest absolute Gasteiger partial charge is 0.502 e. The first-order valence-electron chi connectivity index (χ1n) is 11.9. The predicted molar refractivity (Wildman–Crippen MR) is 146 cm³/mol. The minimum absolute atomic E-state index is 0.00537. The zero-order valence-corrected chi connectivity index (χ0v) is 21.0. The zero-order chi connectivity index (χ0) is 27.4. The maximum atomic E-state index is 8.45. The highest BCUT2D eigenvalue weighted by atomic mass is 16.5. The Bertz CT molecular complexity index is 1820. The second-order valence-corrected chi connectivity index (χ2v) is 8.72. The molecule has 0 aliphatic carbocycles. The molecular weight excluding hydrogens is 498 g/mol. The molecule has 6 aromatic rings. The van der Waals surface area contributed by atoms with Crippen molar-refractivity contribution in [3.63, 3.8) is 0 Å². The highest BCUT2D eigenvalue weighted by Gasteiger charge is 2.14. The number of ether oxygens (including phenoxy) is 1. The van der Waals surface area contributed by atoms with Crippen LogP contribution in [0, 0.1) is 6.57 Å². The summed E-state index contributed by atoms with van der Waals surface area (Å²) in [6, 6.07) is 20.0. The molecule has 3 heterocycles. The summed E-state index contributed by atoms with van der Waals surface area (Å²) in [6.07, 6.45) is 3.23. The van der Waals surface area contributed by atoms with Gasteiger partial charge in [-0.05, 0) is 80.6 Å². The highest BCUT2D eigenvalue weighted by molar-refractivity contribution is 6.00. The van der Waals surface area contributed by atoms with E-state index in [2.05, 4.69) is 20.1 Å². The monoisotopic (exact) mass is 521 g/mol. The van der Waals surface area contributed by atoms with Gasteiger partial charge in [0.05, 0.1) is 25.2 Å². The third-order valence-electron chi connectivity index (χ3n) is 5.68. The van der Waals surface area contributed by atoms with Crippen LogP contribution in [0.2, 0.25) is 0 Å². The lowest BCUT2D eigenvalue weighted by atomic mass is 10.1. The molecule has 3 aromatic heterocycles. The van der Waals surface area contributed by atoms with Gasteiger partial charge in [0, 0.05) is 27.5 Å². The Morgan fingerprint density at radius 3 is 2.33 bits per heavy atom. The molecule has 3 N–H and O–H groups in total. The Morgan fingerprint density at radius 2 is 1.64 bits per heavy atom. The van der Waals surface area contributed by atoms with E-state index < -0.39 is 0 Å². The van der Waals surface area contributed by atoms with Crippen LogP contribution in [0.3, 0.4) is 0 Å². The van der Waals surface area contributed by atoms with Crippen molar-refractivity contribution in [3.05, 3.63) is 96.2 Å². The average Bonchev–Trinajstić information content (AvgIpc) is 3.72. The molecule has 0 saturated heterocycles. The van der Waals surface area contributed by atoms with Crippen molar-refractivity contribution >= 4 is 33.5 Å². The minimum Gasteiger partial charge on any atom is -0.502 e. The van der Waals surface area contributed by atoms with Gasteiger partial charge in [0.25, 0.3) is 5.89 Å². The number of rotatable bonds is 5. The highest BCUT2D eigenvalue weighted by Crippen LogP contribution is 2.34. The third kappa shape index (κ3) is 5.42. The standard InChI is InChI=1S/C20H15N3O3.C9H8N2O2/c1-12(2)25-18-7-5-15(11-16(18)21-3)20-22-19(23-26-20)14-4-6-17-13(10-14)8-9-24-17;10-9(11-12)7-1-2-8-6(5-7)3-4-13-8/h4-12H,1-2H3;1-5,12H,(H2,10,11). The maximum Gasteiger partial charge on any atom is 0.256 e. The molecule has 0 atom stereocenters. The number of hydrogen-bond acceptors (Lipinski definition) is 8. The third-order valence-corrected chi connectivity index (χ3v) is 5.68. The van der Waals surface area contributed by atoms with Gasteiger partial charge in [-0.1, -0.05) is 10.3 Å². The van der Waals surface area contributed by atoms with Crippen molar-refractivity contribution in [2.75, 3.05) is 0 Å². The first-order valence-corrected chi connectivity index (χ1v) is 11.9. The van der Waals surface area contributed by atoms with Crippen LogP contribution in [0.15, 0.2) is 97.8 Å². The summed E-state index contributed by atoms with van der Waals surface area (Å²) in [4.78, 5) is 7.98. The van der Waals surface area contributed by atoms with Crippen molar-refractivity contribution in [1.29, 1.82) is 0 Å². The molecule has 3 aromatic carbocycles. The number of aromatic nitrogens is 2. The van der Waals surface area contributed by atoms with E-state index in [-0.39, 0.29) is 11.9 Å². The molecule has 0 spiro atoms. The number of fused-ring (bicyclic) bond motifs is 2. The first kappa shape index (κ1) is 25.1. The van der Waals surface area contributed by atoms with Crippen LogP contribution in [-0.2, 0) is 0 Å². The molecule has 10 nitrogen and oxygen atoms in total. The fraction of sp³-hybridized carbons (Fsp3) is 0.103. The second-order valence-electron chi connectivity index (χ2n) is 8.72. The molecule has 0 radical (unpaired) electrons. The van der Waals surface area contributed by atoms with Crippen LogP contribution in [-0.4, -0.2) is 27.3 Å². The van der Waals surface area contributed by atoms with E-state index in [4.69, 9.17) is 35.6 Å². The summed E-state index contributed by atoms with van der Waals surface area (Å²) < 4.78 is 21.5. The molecule has 0 unspecified atom stereocenters. The topological polar surface area (TPSA) is 137 Å². The van der Waals surface area contributed by atoms with Gasteiger partial charge < -0.3 is 29.0 Å². The van der Waals surface area contributed by atoms with E-state index in [9.17, 15) is 0 Å². The van der Waals surface area contributed by atoms with Gasteiger partial charge >= 0.3 is 0 Å². The number of benzene rings is 3. The predicted octanol–water partition coefficient (Wildman–Crippen LogP) is 7.02. The van der Waals surface area contributed by atoms with Gasteiger partial charge in [0.15, 0.2) is 5.84 Å². The lowest BCUT2D eigenvalue weighted by molar-refractivity contribution is 0.244. The Kier molecular flexibility index (Phi) is 6.96. The molecule has 0 amide bonds. The SMILES string of the molecule is NC(=NO)c1ccc2occc2c1.[C-]#[N+]c1cc(-c2nc(-c3ccc4occc4c3)no2)ccc1OC(C)C. The van der Waals surface area contributed by atoms with Gasteiger partial charge in [-0.2, -0.15) is 4.98 Å². The van der Waals surface area contributed by atoms with Crippen molar-refractivity contribution in [2.45, 2.75) is 20.0 Å². The fourth-order valence-corrected chi connectivity index (χ4v) is 3.84. The molecule has 0 aliphatic heterocycles. The summed E-state index contributed by atoms with van der Waals surface area (Å²) in [6.45, 7) is 11.2. The van der Waals surface area contributed by atoms with Crippen LogP contribution in [0.5, 0.6) is 5.75 Å². The molecule has 0 aliphatic rings. The summed E-state index contributed by atoms with van der Waals surface area (Å²) in [5.41, 5.74) is 9.61. The Labute approximate surface area is 222 Å². The smallest absolute Gasteiger partial charge is 0.256 e. The van der Waals surface area contributed by atoms with E-state index in [1.54, 1.807) is 42.9 Å². The number of furan rings is 2. The Hall–Kier alpha value is -5.56. The number of nitrogens with two attached hydrogens (primary N) is 1. The first-order chi connectivity index (χ1) is 18.9. The summed E-state index contributed by atoms with van der Waals surface area (Å²) in [5.74, 6) is 1.48. The quantitative estimate of drug-likeness (QED) is 0.0812. The molecule has 0 saturated carbocycles. The van der Waals surface area contributed by atoms with Gasteiger partial charge in [0.2, 0.25) is 11.5 Å². The van der Waals surface area contributed by atoms with Crippen LogP contribution >= 0.6 is 0 Å². The van der Waals surface area contributed by atoms with Crippen molar-refractivity contribution in [2.24, 2.45) is 10.9 Å². The minimum atomic E-state index is -0.00537. The molecule has 0 bridgehead atoms. The van der Waals surface area contributed by atoms with E-state index in [1.165, 1.54) is 0 Å². The molecular formula is C29H23N5O5. The van der Waals surface area contributed by atoms with Crippen LogP contribution in [0.4, 0.5) is 5.69 Å². The van der Waals surface area contributed by atoms with Gasteiger partial charge in [-0.3, -0.25) is 0 Å². The number of amidine groups is 1. The summed E-state index contributed by atoms with van der Waals surface area (Å²) >= 11 is 0. The van der Waals surface area contributed by atoms with E-state index in [0.717, 1.165) is 27.5 Å². The summed E-state index contributed by atoms with van der Waals surface area (Å²) in [7, 11) is 0. The van der Waals surface area contributed by atoms with E-state index in [1.807, 2.05) is 50.2 Å². The van der Waals surface area contributed by atoms with Crippen LogP contribution in [0.25, 0.3) is 49.6 Å². The van der Waals surface area contributed by atoms with Crippen molar-refractivity contribution < 1.29 is 23.3 Å². The van der Waals surface area contributed by atoms with Crippen molar-refractivity contribution in [3.8, 4) is 28.6 Å². The summed E-state index contributed by atoms with van der Waals surface area (Å²) in [5, 5.41) is 17.3. The molecule has 10 heteroatoms. The van der Waals surface area contributed by atoms with Gasteiger partial charge in [0.1, 0.15) is 16.9 Å². The fourth-order valence-electron chi connectivity index (χ4n) is 3.84.